The number of ether oxygens (including phenoxy) is 2. The van der Waals surface area contributed by atoms with Crippen molar-refractivity contribution < 1.29 is 32.3 Å². The number of Topliss-reactive ketones (excluding diaryl/α,β-unsaturated/α-hetero) is 2. The van der Waals surface area contributed by atoms with Crippen LogP contribution in [0.25, 0.3) is 11.3 Å². The number of aryl methyl sites for hydroxylation is 1. The van der Waals surface area contributed by atoms with Crippen molar-refractivity contribution in [2.75, 3.05) is 13.4 Å². The molecule has 0 spiro atoms. The Bertz CT molecular complexity index is 1660. The number of methoxy groups -OCH3 is 1. The lowest BCUT2D eigenvalue weighted by atomic mass is 9.65. The summed E-state index contributed by atoms with van der Waals surface area (Å²) in [4.78, 5) is 44.7. The van der Waals surface area contributed by atoms with Crippen molar-refractivity contribution in [2.45, 2.75) is 66.2 Å². The second-order valence-corrected chi connectivity index (χ2v) is 14.9. The van der Waals surface area contributed by atoms with E-state index in [2.05, 4.69) is 4.98 Å². The standard InChI is InChI=1S/C32H36N2O7S/c1-17-8-10-20(33-29(17)30(37)34-42(7,38)39)18-9-11-23(40-6)19(12-18)26-27-21(35)13-31(2,3)15-24(27)41-25-16-32(4,5)14-22(36)28(25)26/h8-12,26H,13-16H2,1-7H3,(H,34,37). The number of hydrogen-bond acceptors (Lipinski definition) is 8. The Morgan fingerprint density at radius 3 is 2.05 bits per heavy atom. The number of sulfonamides is 1. The van der Waals surface area contributed by atoms with Gasteiger partial charge in [0.15, 0.2) is 11.6 Å². The molecule has 42 heavy (non-hydrogen) atoms. The summed E-state index contributed by atoms with van der Waals surface area (Å²) < 4.78 is 37.5. The van der Waals surface area contributed by atoms with Crippen molar-refractivity contribution in [3.05, 3.63) is 69.8 Å². The van der Waals surface area contributed by atoms with Crippen LogP contribution in [0.1, 0.15) is 80.9 Å². The number of amides is 1. The smallest absolute Gasteiger partial charge is 0.283 e. The van der Waals surface area contributed by atoms with Crippen LogP contribution in [0.15, 0.2) is 53.0 Å². The average Bonchev–Trinajstić information content (AvgIpc) is 2.84. The van der Waals surface area contributed by atoms with Crippen molar-refractivity contribution in [2.24, 2.45) is 10.8 Å². The highest BCUT2D eigenvalue weighted by atomic mass is 32.2. The first-order valence-electron chi connectivity index (χ1n) is 13.9. The van der Waals surface area contributed by atoms with E-state index in [9.17, 15) is 22.8 Å². The molecule has 0 saturated carbocycles. The molecule has 0 atom stereocenters. The fourth-order valence-corrected chi connectivity index (χ4v) is 6.67. The number of pyridine rings is 1. The van der Waals surface area contributed by atoms with Gasteiger partial charge in [-0.1, -0.05) is 33.8 Å². The summed E-state index contributed by atoms with van der Waals surface area (Å²) in [7, 11) is -2.25. The minimum atomic E-state index is -3.79. The predicted octanol–water partition coefficient (Wildman–Crippen LogP) is 5.16. The first-order chi connectivity index (χ1) is 19.5. The van der Waals surface area contributed by atoms with Crippen LogP contribution in [0.2, 0.25) is 0 Å². The maximum Gasteiger partial charge on any atom is 0.283 e. The largest absolute Gasteiger partial charge is 0.496 e. The van der Waals surface area contributed by atoms with Gasteiger partial charge in [-0.3, -0.25) is 14.4 Å². The van der Waals surface area contributed by atoms with E-state index in [1.54, 1.807) is 31.2 Å². The lowest BCUT2D eigenvalue weighted by Gasteiger charge is -2.43. The molecule has 2 aliphatic carbocycles. The van der Waals surface area contributed by atoms with Gasteiger partial charge in [-0.05, 0) is 47.6 Å². The second-order valence-electron chi connectivity index (χ2n) is 13.1. The van der Waals surface area contributed by atoms with E-state index in [-0.39, 0.29) is 28.1 Å². The molecule has 10 heteroatoms. The zero-order valence-electron chi connectivity index (χ0n) is 25.0. The molecule has 0 fully saturated rings. The molecule has 222 valence electrons. The molecule has 0 radical (unpaired) electrons. The lowest BCUT2D eigenvalue weighted by Crippen LogP contribution is -2.37. The minimum absolute atomic E-state index is 0.0225. The third-order valence-electron chi connectivity index (χ3n) is 8.01. The van der Waals surface area contributed by atoms with E-state index in [4.69, 9.17) is 9.47 Å². The fraction of sp³-hybridized carbons (Fsp3) is 0.438. The van der Waals surface area contributed by atoms with E-state index in [0.717, 1.165) is 6.26 Å². The number of hydrogen-bond donors (Lipinski definition) is 1. The van der Waals surface area contributed by atoms with Crippen LogP contribution in [0, 0.1) is 17.8 Å². The first kappa shape index (κ1) is 29.7. The van der Waals surface area contributed by atoms with Gasteiger partial charge >= 0.3 is 0 Å². The van der Waals surface area contributed by atoms with E-state index in [0.29, 0.717) is 76.5 Å². The second kappa shape index (κ2) is 10.2. The van der Waals surface area contributed by atoms with Gasteiger partial charge in [-0.25, -0.2) is 18.1 Å². The van der Waals surface area contributed by atoms with Crippen molar-refractivity contribution in [3.63, 3.8) is 0 Å². The average molecular weight is 593 g/mol. The van der Waals surface area contributed by atoms with Gasteiger partial charge in [-0.2, -0.15) is 0 Å². The number of aromatic nitrogens is 1. The molecule has 2 aromatic rings. The van der Waals surface area contributed by atoms with Gasteiger partial charge in [0.2, 0.25) is 10.0 Å². The zero-order chi connectivity index (χ0) is 30.8. The number of carbonyl (C=O) groups excluding carboxylic acids is 3. The molecule has 1 N–H and O–H groups in total. The number of allylic oxidation sites excluding steroid dienone is 4. The highest BCUT2D eigenvalue weighted by Gasteiger charge is 2.48. The maximum absolute atomic E-state index is 13.7. The molecule has 0 saturated heterocycles. The van der Waals surface area contributed by atoms with Crippen molar-refractivity contribution in [3.8, 4) is 17.0 Å². The molecule has 5 rings (SSSR count). The topological polar surface area (TPSA) is 129 Å². The highest BCUT2D eigenvalue weighted by molar-refractivity contribution is 7.89. The number of nitrogens with zero attached hydrogens (tertiary/aromatic N) is 1. The van der Waals surface area contributed by atoms with E-state index in [1.807, 2.05) is 38.5 Å². The number of benzene rings is 1. The molecular formula is C32H36N2O7S. The van der Waals surface area contributed by atoms with Gasteiger partial charge < -0.3 is 9.47 Å². The van der Waals surface area contributed by atoms with Gasteiger partial charge in [0.05, 0.1) is 25.0 Å². The van der Waals surface area contributed by atoms with E-state index < -0.39 is 21.8 Å². The van der Waals surface area contributed by atoms with Crippen LogP contribution in [0.4, 0.5) is 0 Å². The summed E-state index contributed by atoms with van der Waals surface area (Å²) in [5, 5.41) is 0. The lowest BCUT2D eigenvalue weighted by molar-refractivity contribution is -0.120. The van der Waals surface area contributed by atoms with Crippen LogP contribution < -0.4 is 9.46 Å². The molecule has 1 amide bonds. The Labute approximate surface area is 246 Å². The minimum Gasteiger partial charge on any atom is -0.496 e. The summed E-state index contributed by atoms with van der Waals surface area (Å²) >= 11 is 0. The van der Waals surface area contributed by atoms with Crippen molar-refractivity contribution in [1.82, 2.24) is 9.71 Å². The molecular weight excluding hydrogens is 556 g/mol. The third-order valence-corrected chi connectivity index (χ3v) is 8.56. The summed E-state index contributed by atoms with van der Waals surface area (Å²) in [5.74, 6) is 0.0842. The van der Waals surface area contributed by atoms with Crippen LogP contribution in [0.3, 0.4) is 0 Å². The van der Waals surface area contributed by atoms with Crippen LogP contribution in [-0.2, 0) is 24.3 Å². The maximum atomic E-state index is 13.7. The molecule has 1 aliphatic heterocycles. The molecule has 0 bridgehead atoms. The summed E-state index contributed by atoms with van der Waals surface area (Å²) in [6.07, 6.45) is 2.69. The van der Waals surface area contributed by atoms with Gasteiger partial charge in [-0.15, -0.1) is 0 Å². The van der Waals surface area contributed by atoms with E-state index >= 15 is 0 Å². The molecule has 9 nitrogen and oxygen atoms in total. The Hall–Kier alpha value is -3.79. The van der Waals surface area contributed by atoms with Crippen molar-refractivity contribution >= 4 is 27.5 Å². The van der Waals surface area contributed by atoms with Crippen molar-refractivity contribution in [1.29, 1.82) is 0 Å². The fourth-order valence-electron chi connectivity index (χ4n) is 6.24. The van der Waals surface area contributed by atoms with E-state index in [1.165, 1.54) is 7.11 Å². The summed E-state index contributed by atoms with van der Waals surface area (Å²) in [6, 6.07) is 8.80. The summed E-state index contributed by atoms with van der Waals surface area (Å²) in [5.41, 5.74) is 2.56. The van der Waals surface area contributed by atoms with Gasteiger partial charge in [0.25, 0.3) is 5.91 Å². The Balaban J connectivity index is 1.70. The Kier molecular flexibility index (Phi) is 7.20. The number of ketones is 2. The third kappa shape index (κ3) is 5.64. The Morgan fingerprint density at radius 1 is 0.952 bits per heavy atom. The van der Waals surface area contributed by atoms with Crippen LogP contribution in [-0.4, -0.2) is 44.2 Å². The van der Waals surface area contributed by atoms with Crippen LogP contribution in [0.5, 0.6) is 5.75 Å². The molecule has 3 aliphatic rings. The molecule has 2 heterocycles. The molecule has 0 unspecified atom stereocenters. The quantitative estimate of drug-likeness (QED) is 0.505. The monoisotopic (exact) mass is 592 g/mol. The van der Waals surface area contributed by atoms with Gasteiger partial charge in [0.1, 0.15) is 23.0 Å². The summed E-state index contributed by atoms with van der Waals surface area (Å²) in [6.45, 7) is 9.82. The Morgan fingerprint density at radius 2 is 1.52 bits per heavy atom. The zero-order valence-corrected chi connectivity index (χ0v) is 25.8. The number of carbonyl (C=O) groups is 3. The highest BCUT2D eigenvalue weighted by Crippen LogP contribution is 2.54. The molecule has 1 aromatic carbocycles. The van der Waals surface area contributed by atoms with Crippen LogP contribution >= 0.6 is 0 Å². The number of rotatable bonds is 5. The molecule has 1 aromatic heterocycles. The predicted molar refractivity (Wildman–Crippen MR) is 157 cm³/mol. The normalized spacial score (nSPS) is 20.1. The first-order valence-corrected chi connectivity index (χ1v) is 15.8. The number of nitrogens with one attached hydrogen (secondary N) is 1. The van der Waals surface area contributed by atoms with Gasteiger partial charge in [0, 0.05) is 48.0 Å². The SMILES string of the molecule is COc1ccc(-c2ccc(C)c(C(=O)NS(C)(=O)=O)n2)cc1C1C2=C(CC(C)(C)CC2=O)OC2=C1C(=O)CC(C)(C)C2.